The second-order valence-electron chi connectivity index (χ2n) is 7.27. The molecule has 0 aliphatic carbocycles. The van der Waals surface area contributed by atoms with Gasteiger partial charge in [-0.2, -0.15) is 0 Å². The van der Waals surface area contributed by atoms with Crippen molar-refractivity contribution < 1.29 is 14.5 Å². The van der Waals surface area contributed by atoms with Crippen molar-refractivity contribution in [2.75, 3.05) is 48.5 Å². The number of carbonyl (C=O) groups is 1. The van der Waals surface area contributed by atoms with Gasteiger partial charge in [0.15, 0.2) is 0 Å². The molecule has 170 valence electrons. The van der Waals surface area contributed by atoms with Crippen LogP contribution in [0.2, 0.25) is 0 Å². The van der Waals surface area contributed by atoms with Crippen LogP contribution in [0, 0.1) is 10.1 Å². The summed E-state index contributed by atoms with van der Waals surface area (Å²) in [6, 6.07) is 16.3. The number of amides is 1. The van der Waals surface area contributed by atoms with Crippen LogP contribution in [0.15, 0.2) is 60.9 Å². The van der Waals surface area contributed by atoms with Crippen molar-refractivity contribution in [1.82, 2.24) is 15.4 Å². The van der Waals surface area contributed by atoms with Crippen LogP contribution in [0.1, 0.15) is 10.4 Å². The van der Waals surface area contributed by atoms with E-state index in [9.17, 15) is 14.9 Å². The van der Waals surface area contributed by atoms with Gasteiger partial charge in [-0.15, -0.1) is 0 Å². The molecule has 1 amide bonds. The molecule has 0 saturated carbocycles. The number of hydrogen-bond donors (Lipinski definition) is 2. The van der Waals surface area contributed by atoms with Crippen molar-refractivity contribution in [2.24, 2.45) is 0 Å². The predicted molar refractivity (Wildman–Crippen MR) is 124 cm³/mol. The van der Waals surface area contributed by atoms with Crippen LogP contribution in [-0.4, -0.2) is 54.1 Å². The van der Waals surface area contributed by atoms with Gasteiger partial charge in [-0.3, -0.25) is 25.8 Å². The minimum Gasteiger partial charge on any atom is -0.497 e. The van der Waals surface area contributed by atoms with Crippen molar-refractivity contribution in [1.29, 1.82) is 0 Å². The highest BCUT2D eigenvalue weighted by Crippen LogP contribution is 2.32. The molecule has 11 heteroatoms. The standard InChI is InChI=1S/C22H23N7O4/c1-33-18-9-7-17(8-10-18)27-11-13-28(14-12-27)21-19(29(31)32)20(23-15-24-21)25-26-22(30)16-5-3-2-4-6-16/h2-10,15H,11-14H2,1H3,(H,26,30)(H,23,24,25). The number of nitro groups is 1. The van der Waals surface area contributed by atoms with Gasteiger partial charge in [0.05, 0.1) is 12.0 Å². The summed E-state index contributed by atoms with van der Waals surface area (Å²) in [6.45, 7) is 2.42. The number of piperazine rings is 1. The first kappa shape index (κ1) is 21.8. The Morgan fingerprint density at radius 2 is 1.67 bits per heavy atom. The maximum atomic E-state index is 12.3. The van der Waals surface area contributed by atoms with Gasteiger partial charge >= 0.3 is 5.69 Å². The van der Waals surface area contributed by atoms with Crippen LogP contribution in [0.25, 0.3) is 0 Å². The Morgan fingerprint density at radius 1 is 1.00 bits per heavy atom. The summed E-state index contributed by atoms with van der Waals surface area (Å²) in [5.41, 5.74) is 6.21. The fourth-order valence-corrected chi connectivity index (χ4v) is 3.61. The average Bonchev–Trinajstić information content (AvgIpc) is 2.87. The number of anilines is 3. The lowest BCUT2D eigenvalue weighted by Crippen LogP contribution is -2.47. The molecule has 1 fully saturated rings. The van der Waals surface area contributed by atoms with Gasteiger partial charge in [-0.25, -0.2) is 9.97 Å². The Balaban J connectivity index is 1.46. The van der Waals surface area contributed by atoms with E-state index in [1.165, 1.54) is 6.33 Å². The van der Waals surface area contributed by atoms with Crippen LogP contribution in [0.5, 0.6) is 5.75 Å². The molecule has 0 radical (unpaired) electrons. The summed E-state index contributed by atoms with van der Waals surface area (Å²) in [4.78, 5) is 35.8. The molecule has 0 unspecified atom stereocenters. The SMILES string of the molecule is COc1ccc(N2CCN(c3ncnc(NNC(=O)c4ccccc4)c3[N+](=O)[O-])CC2)cc1. The minimum atomic E-state index is -0.539. The second-order valence-corrected chi connectivity index (χ2v) is 7.27. The van der Waals surface area contributed by atoms with Gasteiger partial charge in [0.1, 0.15) is 12.1 Å². The predicted octanol–water partition coefficient (Wildman–Crippen LogP) is 2.48. The van der Waals surface area contributed by atoms with Crippen molar-refractivity contribution in [3.8, 4) is 5.75 Å². The number of hydrazine groups is 1. The Kier molecular flexibility index (Phi) is 6.48. The largest absolute Gasteiger partial charge is 0.497 e. The smallest absolute Gasteiger partial charge is 0.355 e. The Morgan fingerprint density at radius 3 is 2.30 bits per heavy atom. The third kappa shape index (κ3) is 4.92. The normalized spacial score (nSPS) is 13.4. The summed E-state index contributed by atoms with van der Waals surface area (Å²) >= 11 is 0. The second kappa shape index (κ2) is 9.81. The highest BCUT2D eigenvalue weighted by atomic mass is 16.6. The van der Waals surface area contributed by atoms with Crippen LogP contribution in [0.4, 0.5) is 23.0 Å². The van der Waals surface area contributed by atoms with Gasteiger partial charge in [-0.05, 0) is 36.4 Å². The molecule has 2 aromatic carbocycles. The molecular weight excluding hydrogens is 426 g/mol. The van der Waals surface area contributed by atoms with Crippen molar-refractivity contribution in [2.45, 2.75) is 0 Å². The van der Waals surface area contributed by atoms with Crippen LogP contribution >= 0.6 is 0 Å². The van der Waals surface area contributed by atoms with Crippen LogP contribution in [-0.2, 0) is 0 Å². The van der Waals surface area contributed by atoms with Crippen LogP contribution in [0.3, 0.4) is 0 Å². The molecule has 4 rings (SSSR count). The number of aromatic nitrogens is 2. The third-order valence-corrected chi connectivity index (χ3v) is 5.33. The number of ether oxygens (including phenoxy) is 1. The van der Waals surface area contributed by atoms with Gasteiger partial charge in [0.25, 0.3) is 5.91 Å². The number of nitrogens with zero attached hydrogens (tertiary/aromatic N) is 5. The molecule has 0 bridgehead atoms. The number of carbonyl (C=O) groups excluding carboxylic acids is 1. The number of nitrogens with one attached hydrogen (secondary N) is 2. The highest BCUT2D eigenvalue weighted by Gasteiger charge is 2.29. The molecular formula is C22H23N7O4. The van der Waals surface area contributed by atoms with Crippen molar-refractivity contribution >= 4 is 28.9 Å². The maximum Gasteiger partial charge on any atom is 0.355 e. The summed E-state index contributed by atoms with van der Waals surface area (Å²) in [6.07, 6.45) is 1.25. The maximum absolute atomic E-state index is 12.3. The number of hydrogen-bond acceptors (Lipinski definition) is 9. The number of methoxy groups -OCH3 is 1. The van der Waals surface area contributed by atoms with E-state index in [4.69, 9.17) is 4.74 Å². The topological polar surface area (TPSA) is 126 Å². The molecule has 1 aliphatic heterocycles. The molecule has 11 nitrogen and oxygen atoms in total. The summed E-state index contributed by atoms with van der Waals surface area (Å²) in [7, 11) is 1.62. The van der Waals surface area contributed by atoms with E-state index in [2.05, 4.69) is 25.7 Å². The van der Waals surface area contributed by atoms with E-state index in [-0.39, 0.29) is 17.3 Å². The zero-order valence-electron chi connectivity index (χ0n) is 18.0. The molecule has 2 heterocycles. The average molecular weight is 449 g/mol. The third-order valence-electron chi connectivity index (χ3n) is 5.33. The first-order valence-corrected chi connectivity index (χ1v) is 10.3. The van der Waals surface area contributed by atoms with Crippen molar-refractivity contribution in [3.63, 3.8) is 0 Å². The van der Waals surface area contributed by atoms with Crippen molar-refractivity contribution in [3.05, 3.63) is 76.6 Å². The van der Waals surface area contributed by atoms with E-state index < -0.39 is 10.8 Å². The van der Waals surface area contributed by atoms with Gasteiger partial charge in [0, 0.05) is 37.4 Å². The first-order valence-electron chi connectivity index (χ1n) is 10.3. The molecule has 0 atom stereocenters. The zero-order valence-corrected chi connectivity index (χ0v) is 18.0. The Hall–Kier alpha value is -4.41. The van der Waals surface area contributed by atoms with E-state index in [1.807, 2.05) is 29.2 Å². The molecule has 2 N–H and O–H groups in total. The molecule has 3 aromatic rings. The molecule has 0 spiro atoms. The molecule has 1 aliphatic rings. The lowest BCUT2D eigenvalue weighted by atomic mass is 10.2. The van der Waals surface area contributed by atoms with Gasteiger partial charge in [-0.1, -0.05) is 18.2 Å². The van der Waals surface area contributed by atoms with Crippen LogP contribution < -0.4 is 25.4 Å². The van der Waals surface area contributed by atoms with E-state index >= 15 is 0 Å². The van der Waals surface area contributed by atoms with Gasteiger partial charge < -0.3 is 14.5 Å². The Labute approximate surface area is 190 Å². The molecule has 33 heavy (non-hydrogen) atoms. The van der Waals surface area contributed by atoms with E-state index in [0.29, 0.717) is 31.7 Å². The fourth-order valence-electron chi connectivity index (χ4n) is 3.61. The minimum absolute atomic E-state index is 0.0770. The quantitative estimate of drug-likeness (QED) is 0.413. The van der Waals surface area contributed by atoms with E-state index in [1.54, 1.807) is 37.4 Å². The van der Waals surface area contributed by atoms with E-state index in [0.717, 1.165) is 11.4 Å². The summed E-state index contributed by atoms with van der Waals surface area (Å²) < 4.78 is 5.20. The lowest BCUT2D eigenvalue weighted by Gasteiger charge is -2.36. The zero-order chi connectivity index (χ0) is 23.2. The Bertz CT molecular complexity index is 1120. The molecule has 1 saturated heterocycles. The first-order chi connectivity index (χ1) is 16.1. The fraction of sp³-hybridized carbons (Fsp3) is 0.227. The lowest BCUT2D eigenvalue weighted by molar-refractivity contribution is -0.383. The number of benzene rings is 2. The monoisotopic (exact) mass is 449 g/mol. The molecule has 1 aromatic heterocycles. The summed E-state index contributed by atoms with van der Waals surface area (Å²) in [5, 5.41) is 11.9. The highest BCUT2D eigenvalue weighted by molar-refractivity contribution is 5.95. The van der Waals surface area contributed by atoms with Gasteiger partial charge in [0.2, 0.25) is 11.6 Å². The summed E-state index contributed by atoms with van der Waals surface area (Å²) in [5.74, 6) is 0.485. The number of rotatable bonds is 7.